The van der Waals surface area contributed by atoms with Gasteiger partial charge in [0.15, 0.2) is 5.43 Å². The van der Waals surface area contributed by atoms with Crippen molar-refractivity contribution in [2.75, 3.05) is 33.9 Å². The third kappa shape index (κ3) is 4.85. The number of methoxy groups -OCH3 is 1. The first kappa shape index (κ1) is 15.9. The van der Waals surface area contributed by atoms with Crippen molar-refractivity contribution in [3.8, 4) is 0 Å². The van der Waals surface area contributed by atoms with Crippen LogP contribution in [0.15, 0.2) is 23.3 Å². The van der Waals surface area contributed by atoms with E-state index < -0.39 is 5.91 Å². The fourth-order valence-electron chi connectivity index (χ4n) is 1.58. The zero-order chi connectivity index (χ0) is 15.0. The molecular weight excluding hydrogens is 262 g/mol. The normalized spacial score (nSPS) is 10.1. The molecular formula is C13H19N3O4. The van der Waals surface area contributed by atoms with Crippen LogP contribution in [0.2, 0.25) is 0 Å². The molecule has 0 aliphatic heterocycles. The Bertz CT molecular complexity index is 512. The number of nitrogens with one attached hydrogen (secondary N) is 2. The van der Waals surface area contributed by atoms with Gasteiger partial charge < -0.3 is 19.9 Å². The first-order chi connectivity index (χ1) is 9.56. The predicted molar refractivity (Wildman–Crippen MR) is 73.5 cm³/mol. The fourth-order valence-corrected chi connectivity index (χ4v) is 1.58. The highest BCUT2D eigenvalue weighted by Crippen LogP contribution is 1.95. The summed E-state index contributed by atoms with van der Waals surface area (Å²) < 4.78 is 4.86. The number of H-pyrrole nitrogens is 1. The molecule has 0 fully saturated rings. The molecule has 7 nitrogen and oxygen atoms in total. The number of hydrogen-bond acceptors (Lipinski definition) is 4. The summed E-state index contributed by atoms with van der Waals surface area (Å²) in [4.78, 5) is 39.0. The van der Waals surface area contributed by atoms with E-state index in [-0.39, 0.29) is 23.4 Å². The van der Waals surface area contributed by atoms with Crippen LogP contribution in [0.5, 0.6) is 0 Å². The van der Waals surface area contributed by atoms with Crippen molar-refractivity contribution in [1.82, 2.24) is 15.2 Å². The van der Waals surface area contributed by atoms with Crippen LogP contribution in [0.1, 0.15) is 16.8 Å². The van der Waals surface area contributed by atoms with Crippen LogP contribution in [-0.4, -0.2) is 55.6 Å². The topological polar surface area (TPSA) is 91.5 Å². The molecule has 110 valence electrons. The van der Waals surface area contributed by atoms with Gasteiger partial charge in [-0.1, -0.05) is 0 Å². The van der Waals surface area contributed by atoms with E-state index in [1.807, 2.05) is 0 Å². The smallest absolute Gasteiger partial charge is 0.259 e. The molecule has 0 radical (unpaired) electrons. The quantitative estimate of drug-likeness (QED) is 0.665. The van der Waals surface area contributed by atoms with Gasteiger partial charge in [0.25, 0.3) is 5.91 Å². The number of aromatic nitrogens is 1. The Balaban J connectivity index is 2.48. The van der Waals surface area contributed by atoms with Gasteiger partial charge in [0.05, 0.1) is 6.54 Å². The third-order valence-electron chi connectivity index (χ3n) is 2.63. The Kier molecular flexibility index (Phi) is 6.45. The highest BCUT2D eigenvalue weighted by Gasteiger charge is 2.16. The number of likely N-dealkylation sites (N-methyl/N-ethyl adjacent to an activating group) is 1. The predicted octanol–water partition coefficient (Wildman–Crippen LogP) is -0.400. The van der Waals surface area contributed by atoms with E-state index in [0.717, 1.165) is 0 Å². The molecule has 0 saturated heterocycles. The Morgan fingerprint density at radius 2 is 2.20 bits per heavy atom. The van der Waals surface area contributed by atoms with E-state index in [4.69, 9.17) is 4.74 Å². The number of rotatable bonds is 7. The highest BCUT2D eigenvalue weighted by molar-refractivity contribution is 5.95. The number of hydrogen-bond donors (Lipinski definition) is 2. The maximum Gasteiger partial charge on any atom is 0.259 e. The number of carbonyl (C=O) groups excluding carboxylic acids is 2. The van der Waals surface area contributed by atoms with Crippen LogP contribution in [0.25, 0.3) is 0 Å². The second-order valence-electron chi connectivity index (χ2n) is 4.28. The van der Waals surface area contributed by atoms with Gasteiger partial charge in [-0.15, -0.1) is 0 Å². The average Bonchev–Trinajstić information content (AvgIpc) is 2.43. The highest BCUT2D eigenvalue weighted by atomic mass is 16.5. The zero-order valence-electron chi connectivity index (χ0n) is 11.6. The molecule has 7 heteroatoms. The van der Waals surface area contributed by atoms with Gasteiger partial charge in [0.1, 0.15) is 5.56 Å². The zero-order valence-corrected chi connectivity index (χ0v) is 11.6. The molecule has 0 spiro atoms. The van der Waals surface area contributed by atoms with Crippen molar-refractivity contribution in [3.05, 3.63) is 34.2 Å². The Morgan fingerprint density at radius 1 is 1.45 bits per heavy atom. The summed E-state index contributed by atoms with van der Waals surface area (Å²) in [5.74, 6) is -0.761. The molecule has 0 aromatic carbocycles. The monoisotopic (exact) mass is 281 g/mol. The standard InChI is InChI=1S/C13H19N3O4/c1-16(9-12(18)15-5-3-7-20-2)13(19)10-8-14-6-4-11(10)17/h4,6,8H,3,5,7,9H2,1-2H3,(H,14,17)(H,15,18). The summed E-state index contributed by atoms with van der Waals surface area (Å²) in [6.45, 7) is 0.954. The Labute approximate surface area is 116 Å². The summed E-state index contributed by atoms with van der Waals surface area (Å²) >= 11 is 0. The minimum Gasteiger partial charge on any atom is -0.385 e. The lowest BCUT2D eigenvalue weighted by molar-refractivity contribution is -0.121. The minimum atomic E-state index is -0.487. The lowest BCUT2D eigenvalue weighted by Gasteiger charge is -2.16. The molecule has 0 aliphatic carbocycles. The molecule has 1 heterocycles. The summed E-state index contributed by atoms with van der Waals surface area (Å²) in [5, 5.41) is 2.67. The summed E-state index contributed by atoms with van der Waals surface area (Å²) in [6.07, 6.45) is 3.48. The minimum absolute atomic E-state index is 0.0159. The molecule has 0 unspecified atom stereocenters. The first-order valence-corrected chi connectivity index (χ1v) is 6.24. The van der Waals surface area contributed by atoms with Crippen LogP contribution in [0, 0.1) is 0 Å². The molecule has 1 aromatic rings. The summed E-state index contributed by atoms with van der Waals surface area (Å²) in [5.41, 5.74) is -0.358. The van der Waals surface area contributed by atoms with Gasteiger partial charge in [-0.3, -0.25) is 14.4 Å². The van der Waals surface area contributed by atoms with Crippen LogP contribution in [0.4, 0.5) is 0 Å². The SMILES string of the molecule is COCCCNC(=O)CN(C)C(=O)c1c[nH]ccc1=O. The lowest BCUT2D eigenvalue weighted by Crippen LogP contribution is -2.40. The maximum absolute atomic E-state index is 12.0. The summed E-state index contributed by atoms with van der Waals surface area (Å²) in [7, 11) is 3.06. The van der Waals surface area contributed by atoms with Crippen LogP contribution >= 0.6 is 0 Å². The molecule has 1 rings (SSSR count). The van der Waals surface area contributed by atoms with E-state index in [0.29, 0.717) is 19.6 Å². The second kappa shape index (κ2) is 8.11. The van der Waals surface area contributed by atoms with Gasteiger partial charge in [-0.25, -0.2) is 0 Å². The maximum atomic E-state index is 12.0. The molecule has 0 bridgehead atoms. The van der Waals surface area contributed by atoms with Gasteiger partial charge >= 0.3 is 0 Å². The van der Waals surface area contributed by atoms with Gasteiger partial charge in [0, 0.05) is 45.8 Å². The van der Waals surface area contributed by atoms with Crippen molar-refractivity contribution < 1.29 is 14.3 Å². The number of nitrogens with zero attached hydrogens (tertiary/aromatic N) is 1. The third-order valence-corrected chi connectivity index (χ3v) is 2.63. The molecule has 2 amide bonds. The van der Waals surface area contributed by atoms with Crippen LogP contribution < -0.4 is 10.7 Å². The summed E-state index contributed by atoms with van der Waals surface area (Å²) in [6, 6.07) is 1.27. The number of amides is 2. The molecule has 0 aliphatic rings. The molecule has 2 N–H and O–H groups in total. The fraction of sp³-hybridized carbons (Fsp3) is 0.462. The number of carbonyl (C=O) groups is 2. The first-order valence-electron chi connectivity index (χ1n) is 6.24. The molecule has 0 saturated carbocycles. The van der Waals surface area contributed by atoms with Crippen molar-refractivity contribution in [1.29, 1.82) is 0 Å². The Hall–Kier alpha value is -2.15. The van der Waals surface area contributed by atoms with Gasteiger partial charge in [-0.2, -0.15) is 0 Å². The van der Waals surface area contributed by atoms with E-state index >= 15 is 0 Å². The lowest BCUT2D eigenvalue weighted by atomic mass is 10.2. The second-order valence-corrected chi connectivity index (χ2v) is 4.28. The van der Waals surface area contributed by atoms with Crippen molar-refractivity contribution >= 4 is 11.8 Å². The number of pyridine rings is 1. The van der Waals surface area contributed by atoms with Crippen LogP contribution in [0.3, 0.4) is 0 Å². The number of aromatic amines is 1. The van der Waals surface area contributed by atoms with Gasteiger partial charge in [0.2, 0.25) is 5.91 Å². The van der Waals surface area contributed by atoms with Crippen molar-refractivity contribution in [2.45, 2.75) is 6.42 Å². The van der Waals surface area contributed by atoms with Gasteiger partial charge in [-0.05, 0) is 6.42 Å². The van der Waals surface area contributed by atoms with Crippen molar-refractivity contribution in [3.63, 3.8) is 0 Å². The average molecular weight is 281 g/mol. The van der Waals surface area contributed by atoms with E-state index in [1.54, 1.807) is 7.11 Å². The van der Waals surface area contributed by atoms with E-state index in [2.05, 4.69) is 10.3 Å². The Morgan fingerprint density at radius 3 is 2.85 bits per heavy atom. The molecule has 20 heavy (non-hydrogen) atoms. The van der Waals surface area contributed by atoms with E-state index in [1.165, 1.54) is 30.4 Å². The van der Waals surface area contributed by atoms with Crippen LogP contribution in [-0.2, 0) is 9.53 Å². The van der Waals surface area contributed by atoms with E-state index in [9.17, 15) is 14.4 Å². The molecule has 0 atom stereocenters. The molecule has 1 aromatic heterocycles. The van der Waals surface area contributed by atoms with Crippen molar-refractivity contribution in [2.24, 2.45) is 0 Å². The largest absolute Gasteiger partial charge is 0.385 e. The number of ether oxygens (including phenoxy) is 1.